The van der Waals surface area contributed by atoms with E-state index in [4.69, 9.17) is 15.1 Å². The number of nitriles is 1. The quantitative estimate of drug-likeness (QED) is 0.431. The summed E-state index contributed by atoms with van der Waals surface area (Å²) in [6, 6.07) is 10.3. The van der Waals surface area contributed by atoms with Gasteiger partial charge in [-0.15, -0.1) is 4.99 Å². The molecule has 1 aromatic carbocycles. The molecule has 0 atom stereocenters. The van der Waals surface area contributed by atoms with E-state index in [2.05, 4.69) is 20.6 Å². The van der Waals surface area contributed by atoms with E-state index >= 15 is 0 Å². The number of aliphatic hydroxyl groups is 1. The molecule has 1 aromatic heterocycles. The van der Waals surface area contributed by atoms with Crippen molar-refractivity contribution < 1.29 is 14.6 Å². The first-order chi connectivity index (χ1) is 11.7. The zero-order valence-corrected chi connectivity index (χ0v) is 12.6. The summed E-state index contributed by atoms with van der Waals surface area (Å²) >= 11 is 0. The maximum absolute atomic E-state index is 11.9. The Morgan fingerprint density at radius 3 is 2.83 bits per heavy atom. The van der Waals surface area contributed by atoms with Crippen LogP contribution in [0.3, 0.4) is 0 Å². The predicted molar refractivity (Wildman–Crippen MR) is 87.4 cm³/mol. The van der Waals surface area contributed by atoms with Crippen LogP contribution in [-0.4, -0.2) is 35.2 Å². The molecule has 0 bridgehead atoms. The number of aliphatic hydroxyl groups excluding tert-OH is 1. The van der Waals surface area contributed by atoms with Crippen molar-refractivity contribution in [2.24, 2.45) is 4.99 Å². The molecule has 0 aliphatic rings. The molecule has 0 spiro atoms. The molecule has 2 aromatic rings. The number of aliphatic imine (C=N–C) groups is 1. The molecular weight excluding hydrogens is 310 g/mol. The van der Waals surface area contributed by atoms with Crippen molar-refractivity contribution in [1.29, 1.82) is 5.26 Å². The molecule has 0 saturated carbocycles. The summed E-state index contributed by atoms with van der Waals surface area (Å²) in [5, 5.41) is 22.8. The standard InChI is InChI=1S/C16H15N5O3/c17-11-20-16(24-14-4-2-1-3-5-14)21-13-8-12(9-18-10-13)15(23)19-6-7-22/h1-5,8-10,22H,6-7H2,(H,19,23)(H,20,21). The fraction of sp³-hybridized carbons (Fsp3) is 0.125. The van der Waals surface area contributed by atoms with Crippen molar-refractivity contribution in [2.75, 3.05) is 18.5 Å². The summed E-state index contributed by atoms with van der Waals surface area (Å²) in [5.74, 6) is 0.131. The molecule has 0 radical (unpaired) electrons. The zero-order chi connectivity index (χ0) is 17.2. The van der Waals surface area contributed by atoms with Crippen molar-refractivity contribution in [1.82, 2.24) is 10.3 Å². The number of nitrogens with one attached hydrogen (secondary N) is 2. The number of carbonyl (C=O) groups excluding carboxylic acids is 1. The largest absolute Gasteiger partial charge is 0.425 e. The smallest absolute Gasteiger partial charge is 0.310 e. The minimum Gasteiger partial charge on any atom is -0.425 e. The molecule has 1 heterocycles. The number of hydrogen-bond acceptors (Lipinski definition) is 6. The van der Waals surface area contributed by atoms with E-state index in [-0.39, 0.29) is 25.1 Å². The van der Waals surface area contributed by atoms with Gasteiger partial charge in [0.05, 0.1) is 24.1 Å². The van der Waals surface area contributed by atoms with Crippen molar-refractivity contribution in [3.05, 3.63) is 54.4 Å². The number of amidine groups is 1. The van der Waals surface area contributed by atoms with Crippen LogP contribution in [0.25, 0.3) is 0 Å². The Kier molecular flexibility index (Phi) is 6.25. The number of hydrogen-bond donors (Lipinski definition) is 3. The minimum atomic E-state index is -0.372. The van der Waals surface area contributed by atoms with Gasteiger partial charge in [-0.25, -0.2) is 0 Å². The second kappa shape index (κ2) is 8.87. The van der Waals surface area contributed by atoms with E-state index in [0.717, 1.165) is 0 Å². The maximum atomic E-state index is 11.9. The lowest BCUT2D eigenvalue weighted by Gasteiger charge is -2.10. The highest BCUT2D eigenvalue weighted by atomic mass is 16.5. The summed E-state index contributed by atoms with van der Waals surface area (Å²) in [6.45, 7) is -0.00422. The van der Waals surface area contributed by atoms with Gasteiger partial charge in [0.25, 0.3) is 5.91 Å². The van der Waals surface area contributed by atoms with Gasteiger partial charge in [0.2, 0.25) is 6.19 Å². The van der Waals surface area contributed by atoms with E-state index in [1.165, 1.54) is 18.5 Å². The number of carbonyl (C=O) groups is 1. The van der Waals surface area contributed by atoms with Gasteiger partial charge in [-0.3, -0.25) is 9.78 Å². The molecule has 24 heavy (non-hydrogen) atoms. The molecule has 8 heteroatoms. The van der Waals surface area contributed by atoms with E-state index in [1.807, 2.05) is 6.07 Å². The Labute approximate surface area is 138 Å². The summed E-state index contributed by atoms with van der Waals surface area (Å²) < 4.78 is 5.48. The molecular formula is C16H15N5O3. The molecule has 0 aliphatic carbocycles. The van der Waals surface area contributed by atoms with Crippen molar-refractivity contribution in [2.45, 2.75) is 0 Å². The van der Waals surface area contributed by atoms with Crippen LogP contribution in [-0.2, 0) is 0 Å². The van der Waals surface area contributed by atoms with Crippen LogP contribution in [0.1, 0.15) is 10.4 Å². The van der Waals surface area contributed by atoms with Gasteiger partial charge < -0.3 is 20.5 Å². The third-order valence-electron chi connectivity index (χ3n) is 2.76. The Hall–Kier alpha value is -3.44. The number of pyridine rings is 1. The topological polar surface area (TPSA) is 120 Å². The number of benzene rings is 1. The number of aromatic nitrogens is 1. The normalized spacial score (nSPS) is 10.6. The van der Waals surface area contributed by atoms with Gasteiger partial charge in [0.1, 0.15) is 5.75 Å². The van der Waals surface area contributed by atoms with Crippen LogP contribution in [0.15, 0.2) is 53.8 Å². The SMILES string of the molecule is N#C/N=C(/Nc1cncc(C(=O)NCCO)c1)Oc1ccccc1. The summed E-state index contributed by atoms with van der Waals surface area (Å²) in [4.78, 5) is 19.4. The average Bonchev–Trinajstić information content (AvgIpc) is 2.61. The molecule has 0 aliphatic heterocycles. The van der Waals surface area contributed by atoms with E-state index in [9.17, 15) is 4.79 Å². The molecule has 0 unspecified atom stereocenters. The second-order valence-corrected chi connectivity index (χ2v) is 4.50. The first-order valence-electron chi connectivity index (χ1n) is 7.03. The van der Waals surface area contributed by atoms with E-state index < -0.39 is 0 Å². The minimum absolute atomic E-state index is 0.0431. The van der Waals surface area contributed by atoms with Crippen LogP contribution in [0.4, 0.5) is 5.69 Å². The number of ether oxygens (including phenoxy) is 1. The highest BCUT2D eigenvalue weighted by Gasteiger charge is 2.09. The average molecular weight is 325 g/mol. The Morgan fingerprint density at radius 1 is 1.33 bits per heavy atom. The fourth-order valence-electron chi connectivity index (χ4n) is 1.75. The molecule has 3 N–H and O–H groups in total. The summed E-state index contributed by atoms with van der Waals surface area (Å²) in [5.41, 5.74) is 0.723. The highest BCUT2D eigenvalue weighted by molar-refractivity contribution is 5.96. The van der Waals surface area contributed by atoms with Gasteiger partial charge in [-0.2, -0.15) is 5.26 Å². The van der Waals surface area contributed by atoms with Crippen molar-refractivity contribution >= 4 is 17.6 Å². The molecule has 2 rings (SSSR count). The monoisotopic (exact) mass is 325 g/mol. The lowest BCUT2D eigenvalue weighted by molar-refractivity contribution is 0.0944. The van der Waals surface area contributed by atoms with Gasteiger partial charge >= 0.3 is 6.02 Å². The number of rotatable bonds is 5. The number of amides is 1. The second-order valence-electron chi connectivity index (χ2n) is 4.50. The van der Waals surface area contributed by atoms with Crippen LogP contribution < -0.4 is 15.4 Å². The van der Waals surface area contributed by atoms with Crippen molar-refractivity contribution in [3.63, 3.8) is 0 Å². The Balaban J connectivity index is 2.11. The number of para-hydroxylation sites is 1. The first kappa shape index (κ1) is 16.9. The maximum Gasteiger partial charge on any atom is 0.310 e. The number of anilines is 1. The lowest BCUT2D eigenvalue weighted by atomic mass is 10.2. The van der Waals surface area contributed by atoms with Crippen LogP contribution in [0.2, 0.25) is 0 Å². The highest BCUT2D eigenvalue weighted by Crippen LogP contribution is 2.12. The van der Waals surface area contributed by atoms with Gasteiger partial charge in [0.15, 0.2) is 0 Å². The Morgan fingerprint density at radius 2 is 2.12 bits per heavy atom. The third-order valence-corrected chi connectivity index (χ3v) is 2.76. The predicted octanol–water partition coefficient (Wildman–Crippen LogP) is 1.13. The molecule has 0 fully saturated rings. The molecule has 0 saturated heterocycles. The Bertz CT molecular complexity index is 756. The van der Waals surface area contributed by atoms with Crippen LogP contribution >= 0.6 is 0 Å². The van der Waals surface area contributed by atoms with Crippen molar-refractivity contribution in [3.8, 4) is 11.9 Å². The van der Waals surface area contributed by atoms with E-state index in [0.29, 0.717) is 17.0 Å². The zero-order valence-electron chi connectivity index (χ0n) is 12.6. The van der Waals surface area contributed by atoms with Gasteiger partial charge in [-0.05, 0) is 18.2 Å². The number of nitrogens with zero attached hydrogens (tertiary/aromatic N) is 3. The van der Waals surface area contributed by atoms with Gasteiger partial charge in [0, 0.05) is 12.7 Å². The molecule has 1 amide bonds. The van der Waals surface area contributed by atoms with Crippen LogP contribution in [0.5, 0.6) is 5.75 Å². The summed E-state index contributed by atoms with van der Waals surface area (Å²) in [7, 11) is 0. The van der Waals surface area contributed by atoms with Crippen LogP contribution in [0, 0.1) is 11.5 Å². The lowest BCUT2D eigenvalue weighted by Crippen LogP contribution is -2.26. The third kappa shape index (κ3) is 5.08. The first-order valence-corrected chi connectivity index (χ1v) is 7.03. The fourth-order valence-corrected chi connectivity index (χ4v) is 1.75. The summed E-state index contributed by atoms with van der Waals surface area (Å²) in [6.07, 6.45) is 4.49. The molecule has 8 nitrogen and oxygen atoms in total. The molecule has 122 valence electrons. The van der Waals surface area contributed by atoms with Gasteiger partial charge in [-0.1, -0.05) is 18.2 Å². The van der Waals surface area contributed by atoms with E-state index in [1.54, 1.807) is 30.5 Å².